The van der Waals surface area contributed by atoms with Gasteiger partial charge in [0.05, 0.1) is 13.6 Å². The topological polar surface area (TPSA) is 8.81 Å². The zero-order chi connectivity index (χ0) is 16.0. The first-order valence-electron chi connectivity index (χ1n) is 9.83. The Balaban J connectivity index is 2.11. The Morgan fingerprint density at radius 1 is 0.773 bits per heavy atom. The van der Waals surface area contributed by atoms with Crippen molar-refractivity contribution in [2.75, 3.05) is 0 Å². The van der Waals surface area contributed by atoms with Crippen molar-refractivity contribution in [1.29, 1.82) is 0 Å². The molecule has 0 aliphatic carbocycles. The van der Waals surface area contributed by atoms with Crippen molar-refractivity contribution in [2.24, 2.45) is 7.05 Å². The molecule has 0 aliphatic heterocycles. The van der Waals surface area contributed by atoms with E-state index in [9.17, 15) is 0 Å². The van der Waals surface area contributed by atoms with Gasteiger partial charge in [-0.15, -0.1) is 0 Å². The van der Waals surface area contributed by atoms with E-state index in [2.05, 4.69) is 42.4 Å². The second-order valence-electron chi connectivity index (χ2n) is 6.80. The van der Waals surface area contributed by atoms with E-state index in [4.69, 9.17) is 0 Å². The molecule has 1 heterocycles. The smallest absolute Gasteiger partial charge is 0.237 e. The highest BCUT2D eigenvalue weighted by Crippen LogP contribution is 2.11. The molecule has 1 rings (SSSR count). The molecule has 2 nitrogen and oxygen atoms in total. The monoisotopic (exact) mass is 307 g/mol. The molecule has 128 valence electrons. The number of rotatable bonds is 14. The van der Waals surface area contributed by atoms with Crippen molar-refractivity contribution in [3.63, 3.8) is 0 Å². The van der Waals surface area contributed by atoms with Gasteiger partial charge in [-0.25, -0.2) is 9.13 Å². The Labute approximate surface area is 138 Å². The van der Waals surface area contributed by atoms with Crippen LogP contribution in [0.3, 0.4) is 0 Å². The fraction of sp³-hybridized carbons (Fsp3) is 0.850. The van der Waals surface area contributed by atoms with Crippen molar-refractivity contribution >= 4 is 0 Å². The largest absolute Gasteiger partial charge is 0.256 e. The van der Waals surface area contributed by atoms with Crippen LogP contribution in [0.15, 0.2) is 12.4 Å². The average Bonchev–Trinajstić information content (AvgIpc) is 2.87. The predicted octanol–water partition coefficient (Wildman–Crippen LogP) is 5.58. The summed E-state index contributed by atoms with van der Waals surface area (Å²) in [6, 6.07) is 0. The molecule has 0 radical (unpaired) electrons. The van der Waals surface area contributed by atoms with Crippen molar-refractivity contribution < 1.29 is 4.57 Å². The standard InChI is InChI=1S/C20H39N2/c1-4-6-8-9-10-11-12-13-15-17-22-19-18-21(3)20(22)16-14-7-5-2/h18-19H,4-17H2,1-3H3/q+1. The maximum atomic E-state index is 2.48. The van der Waals surface area contributed by atoms with E-state index in [1.54, 1.807) is 0 Å². The normalized spacial score (nSPS) is 11.2. The van der Waals surface area contributed by atoms with Crippen molar-refractivity contribution in [1.82, 2.24) is 4.57 Å². The molecule has 0 saturated carbocycles. The molecule has 0 aliphatic rings. The predicted molar refractivity (Wildman–Crippen MR) is 96.1 cm³/mol. The highest BCUT2D eigenvalue weighted by molar-refractivity contribution is 4.84. The maximum absolute atomic E-state index is 2.48. The molecule has 0 N–H and O–H groups in total. The Morgan fingerprint density at radius 2 is 1.32 bits per heavy atom. The van der Waals surface area contributed by atoms with Gasteiger partial charge in [0.15, 0.2) is 0 Å². The first-order valence-corrected chi connectivity index (χ1v) is 9.83. The van der Waals surface area contributed by atoms with Gasteiger partial charge in [-0.2, -0.15) is 0 Å². The van der Waals surface area contributed by atoms with Crippen LogP contribution in [0.25, 0.3) is 0 Å². The minimum atomic E-state index is 1.21. The quantitative estimate of drug-likeness (QED) is 0.313. The van der Waals surface area contributed by atoms with Gasteiger partial charge in [-0.05, 0) is 19.3 Å². The van der Waals surface area contributed by atoms with E-state index >= 15 is 0 Å². The highest BCUT2D eigenvalue weighted by Gasteiger charge is 2.13. The van der Waals surface area contributed by atoms with Gasteiger partial charge in [-0.3, -0.25) is 0 Å². The van der Waals surface area contributed by atoms with Gasteiger partial charge < -0.3 is 0 Å². The number of aryl methyl sites for hydroxylation is 2. The fourth-order valence-corrected chi connectivity index (χ4v) is 3.20. The molecule has 2 heteroatoms. The number of hydrogen-bond donors (Lipinski definition) is 0. The molecule has 22 heavy (non-hydrogen) atoms. The van der Waals surface area contributed by atoms with Gasteiger partial charge in [0.25, 0.3) is 5.82 Å². The Hall–Kier alpha value is -0.790. The summed E-state index contributed by atoms with van der Waals surface area (Å²) in [7, 11) is 2.19. The van der Waals surface area contributed by atoms with Crippen LogP contribution < -0.4 is 4.57 Å². The van der Waals surface area contributed by atoms with Crippen LogP contribution in [0, 0.1) is 0 Å². The van der Waals surface area contributed by atoms with Crippen LogP contribution >= 0.6 is 0 Å². The molecule has 0 saturated heterocycles. The van der Waals surface area contributed by atoms with Crippen LogP contribution in [0.5, 0.6) is 0 Å². The summed E-state index contributed by atoms with van der Waals surface area (Å²) in [5.41, 5.74) is 0. The van der Waals surface area contributed by atoms with Crippen LogP contribution in [0.4, 0.5) is 0 Å². The van der Waals surface area contributed by atoms with Gasteiger partial charge in [0.2, 0.25) is 0 Å². The molecule has 0 unspecified atom stereocenters. The summed E-state index contributed by atoms with van der Waals surface area (Å²) in [6.45, 7) is 5.77. The zero-order valence-electron chi connectivity index (χ0n) is 15.4. The average molecular weight is 308 g/mol. The van der Waals surface area contributed by atoms with Gasteiger partial charge in [-0.1, -0.05) is 71.6 Å². The van der Waals surface area contributed by atoms with E-state index in [-0.39, 0.29) is 0 Å². The summed E-state index contributed by atoms with van der Waals surface area (Å²) < 4.78 is 4.79. The number of aromatic nitrogens is 2. The first-order chi connectivity index (χ1) is 10.8. The van der Waals surface area contributed by atoms with Gasteiger partial charge >= 0.3 is 0 Å². The lowest BCUT2D eigenvalue weighted by Crippen LogP contribution is -2.32. The summed E-state index contributed by atoms with van der Waals surface area (Å²) in [5.74, 6) is 1.51. The minimum Gasteiger partial charge on any atom is -0.237 e. The Bertz CT molecular complexity index is 368. The molecule has 0 amide bonds. The number of nitrogens with zero attached hydrogens (tertiary/aromatic N) is 2. The molecule has 0 atom stereocenters. The molecular weight excluding hydrogens is 268 g/mol. The number of unbranched alkanes of at least 4 members (excludes halogenated alkanes) is 10. The van der Waals surface area contributed by atoms with Crippen LogP contribution in [-0.2, 0) is 20.0 Å². The molecule has 0 spiro atoms. The Morgan fingerprint density at radius 3 is 1.95 bits per heavy atom. The van der Waals surface area contributed by atoms with Crippen LogP contribution in [0.2, 0.25) is 0 Å². The lowest BCUT2D eigenvalue weighted by molar-refractivity contribution is -0.678. The van der Waals surface area contributed by atoms with Gasteiger partial charge in [0.1, 0.15) is 12.4 Å². The summed E-state index contributed by atoms with van der Waals surface area (Å²) in [6.07, 6.45) is 22.4. The third-order valence-corrected chi connectivity index (χ3v) is 4.72. The van der Waals surface area contributed by atoms with Crippen molar-refractivity contribution in [3.05, 3.63) is 18.2 Å². The summed E-state index contributed by atoms with van der Waals surface area (Å²) in [4.78, 5) is 0. The highest BCUT2D eigenvalue weighted by atomic mass is 15.1. The molecule has 0 bridgehead atoms. The molecule has 0 aromatic carbocycles. The van der Waals surface area contributed by atoms with Crippen molar-refractivity contribution in [2.45, 2.75) is 104 Å². The molecule has 0 fully saturated rings. The first kappa shape index (κ1) is 19.3. The second-order valence-corrected chi connectivity index (χ2v) is 6.80. The van der Waals surface area contributed by atoms with E-state index in [0.29, 0.717) is 0 Å². The fourth-order valence-electron chi connectivity index (χ4n) is 3.20. The lowest BCUT2D eigenvalue weighted by atomic mass is 10.1. The summed E-state index contributed by atoms with van der Waals surface area (Å²) in [5, 5.41) is 0. The SMILES string of the molecule is CCCCCCCCCCCn1cc[n+](C)c1CCCCC. The maximum Gasteiger partial charge on any atom is 0.256 e. The lowest BCUT2D eigenvalue weighted by Gasteiger charge is -2.04. The Kier molecular flexibility index (Phi) is 11.1. The number of hydrogen-bond acceptors (Lipinski definition) is 0. The number of imidazole rings is 1. The summed E-state index contributed by atoms with van der Waals surface area (Å²) >= 11 is 0. The third-order valence-electron chi connectivity index (χ3n) is 4.72. The molecule has 1 aromatic rings. The minimum absolute atomic E-state index is 1.21. The van der Waals surface area contributed by atoms with E-state index in [1.165, 1.54) is 95.8 Å². The molecular formula is C20H39N2+. The van der Waals surface area contributed by atoms with E-state index < -0.39 is 0 Å². The zero-order valence-corrected chi connectivity index (χ0v) is 15.4. The van der Waals surface area contributed by atoms with E-state index in [0.717, 1.165) is 0 Å². The third kappa shape index (κ3) is 8.00. The van der Waals surface area contributed by atoms with Crippen molar-refractivity contribution in [3.8, 4) is 0 Å². The second kappa shape index (κ2) is 12.7. The van der Waals surface area contributed by atoms with Gasteiger partial charge in [0, 0.05) is 6.42 Å². The molecule has 1 aromatic heterocycles. The van der Waals surface area contributed by atoms with E-state index in [1.807, 2.05) is 0 Å². The van der Waals surface area contributed by atoms with Crippen LogP contribution in [0.1, 0.15) is 96.7 Å². The van der Waals surface area contributed by atoms with Crippen LogP contribution in [-0.4, -0.2) is 4.57 Å².